The van der Waals surface area contributed by atoms with Crippen molar-refractivity contribution < 1.29 is 41.0 Å². The Bertz CT molecular complexity index is 1490. The first-order valence-corrected chi connectivity index (χ1v) is 14.4. The summed E-state index contributed by atoms with van der Waals surface area (Å²) in [6, 6.07) is 7.01. The first-order valence-electron chi connectivity index (χ1n) is 12.0. The summed E-state index contributed by atoms with van der Waals surface area (Å²) in [5.74, 6) is -4.91. The van der Waals surface area contributed by atoms with Gasteiger partial charge in [-0.1, -0.05) is 37.2 Å². The van der Waals surface area contributed by atoms with Gasteiger partial charge in [-0.05, 0) is 45.4 Å². The van der Waals surface area contributed by atoms with Gasteiger partial charge in [-0.15, -0.1) is 0 Å². The lowest BCUT2D eigenvalue weighted by Gasteiger charge is -2.19. The molecule has 0 aliphatic heterocycles. The Morgan fingerprint density at radius 2 is 1.90 bits per heavy atom. The number of carboxylic acid groups (broad SMARTS) is 1. The van der Waals surface area contributed by atoms with Crippen LogP contribution in [0.2, 0.25) is 0 Å². The maximum Gasteiger partial charge on any atom is 0.344 e. The van der Waals surface area contributed by atoms with E-state index in [9.17, 15) is 31.9 Å². The van der Waals surface area contributed by atoms with E-state index in [1.807, 2.05) is 0 Å². The molecule has 15 heteroatoms. The molecule has 0 bridgehead atoms. The zero-order chi connectivity index (χ0) is 29.7. The van der Waals surface area contributed by atoms with Crippen molar-refractivity contribution in [1.29, 1.82) is 0 Å². The number of rotatable bonds is 12. The van der Waals surface area contributed by atoms with Gasteiger partial charge < -0.3 is 19.6 Å². The number of carbonyl (C=O) groups is 2. The van der Waals surface area contributed by atoms with E-state index in [-0.39, 0.29) is 40.4 Å². The second-order valence-electron chi connectivity index (χ2n) is 9.54. The van der Waals surface area contributed by atoms with Crippen LogP contribution in [0.4, 0.5) is 14.6 Å². The molecule has 3 N–H and O–H groups in total. The van der Waals surface area contributed by atoms with Crippen LogP contribution in [0, 0.1) is 11.6 Å². The third-order valence-electron chi connectivity index (χ3n) is 4.96. The van der Waals surface area contributed by atoms with Gasteiger partial charge in [-0.25, -0.2) is 18.6 Å². The number of benzene rings is 1. The number of aliphatic carboxylic acids is 1. The van der Waals surface area contributed by atoms with E-state index in [0.29, 0.717) is 6.42 Å². The smallest absolute Gasteiger partial charge is 0.344 e. The summed E-state index contributed by atoms with van der Waals surface area (Å²) in [6.45, 7) is 6.99. The minimum Gasteiger partial charge on any atom is -0.479 e. The fourth-order valence-electron chi connectivity index (χ4n) is 3.20. The number of nitrogens with zero attached hydrogens (tertiary/aromatic N) is 2. The molecule has 0 unspecified atom stereocenters. The number of hydrogen-bond donors (Lipinski definition) is 3. The van der Waals surface area contributed by atoms with Gasteiger partial charge in [0, 0.05) is 22.9 Å². The molecule has 0 fully saturated rings. The number of aromatic nitrogens is 2. The lowest BCUT2D eigenvalue weighted by Crippen LogP contribution is -2.40. The highest BCUT2D eigenvalue weighted by molar-refractivity contribution is 7.98. The summed E-state index contributed by atoms with van der Waals surface area (Å²) in [7, 11) is -4.42. The number of carbonyl (C=O) groups excluding carboxylic acids is 1. The number of carboxylic acids is 1. The van der Waals surface area contributed by atoms with Gasteiger partial charge in [-0.3, -0.25) is 9.52 Å². The van der Waals surface area contributed by atoms with Crippen LogP contribution >= 0.6 is 11.8 Å². The van der Waals surface area contributed by atoms with E-state index in [1.54, 1.807) is 27.7 Å². The molecule has 40 heavy (non-hydrogen) atoms. The quantitative estimate of drug-likeness (QED) is 0.198. The lowest BCUT2D eigenvalue weighted by molar-refractivity contribution is -0.145. The maximum atomic E-state index is 14.1. The van der Waals surface area contributed by atoms with Crippen molar-refractivity contribution in [2.75, 3.05) is 4.72 Å². The van der Waals surface area contributed by atoms with Gasteiger partial charge in [0.05, 0.1) is 0 Å². The fourth-order valence-corrected chi connectivity index (χ4v) is 4.95. The molecule has 0 spiro atoms. The molecule has 3 aromatic rings. The minimum absolute atomic E-state index is 0.00750. The zero-order valence-electron chi connectivity index (χ0n) is 22.0. The summed E-state index contributed by atoms with van der Waals surface area (Å²) in [4.78, 5) is 32.1. The number of ether oxygens (including phenoxy) is 1. The molecule has 3 rings (SSSR count). The summed E-state index contributed by atoms with van der Waals surface area (Å²) in [5.41, 5.74) is -0.583. The van der Waals surface area contributed by atoms with Gasteiger partial charge in [0.1, 0.15) is 5.82 Å². The first-order chi connectivity index (χ1) is 18.7. The molecular weight excluding hydrogens is 570 g/mol. The molecule has 216 valence electrons. The Morgan fingerprint density at radius 3 is 2.55 bits per heavy atom. The van der Waals surface area contributed by atoms with Gasteiger partial charge >= 0.3 is 5.97 Å². The number of halogens is 2. The van der Waals surface area contributed by atoms with E-state index in [1.165, 1.54) is 18.2 Å². The van der Waals surface area contributed by atoms with E-state index in [4.69, 9.17) is 9.15 Å². The number of sulfonamides is 1. The number of thioether (sulfide) groups is 1. The summed E-state index contributed by atoms with van der Waals surface area (Å²) in [5, 5.41) is 11.4. The summed E-state index contributed by atoms with van der Waals surface area (Å²) in [6.07, 6.45) is -0.661. The van der Waals surface area contributed by atoms with Gasteiger partial charge in [0.15, 0.2) is 28.7 Å². The molecule has 1 aromatic carbocycles. The Labute approximate surface area is 233 Å². The number of nitrogens with one attached hydrogen (secondary N) is 2. The molecule has 1 amide bonds. The van der Waals surface area contributed by atoms with Crippen molar-refractivity contribution in [2.45, 2.75) is 68.2 Å². The number of hydrogen-bond acceptors (Lipinski definition) is 9. The van der Waals surface area contributed by atoms with E-state index < -0.39 is 50.3 Å². The largest absolute Gasteiger partial charge is 0.479 e. The van der Waals surface area contributed by atoms with Gasteiger partial charge in [0.25, 0.3) is 15.9 Å². The standard InChI is InChI=1S/C25H28F2N4O7S2/c1-5-7-17(23(33)34)37-19-12-18(28-24(29-19)39-13-14-8-6-9-15(26)21(14)27)31-40(35,36)20-11-10-16(38-20)22(32)30-25(2,3)4/h6,8-12,17H,5,7,13H2,1-4H3,(H,30,32)(H,33,34)(H,28,29,31)/t17-/m1/s1. The Kier molecular flexibility index (Phi) is 9.73. The third kappa shape index (κ3) is 8.39. The molecule has 0 aliphatic carbocycles. The second kappa shape index (κ2) is 12.6. The Hall–Kier alpha value is -3.72. The summed E-state index contributed by atoms with van der Waals surface area (Å²) < 4.78 is 66.7. The second-order valence-corrected chi connectivity index (χ2v) is 12.1. The molecular formula is C25H28F2N4O7S2. The van der Waals surface area contributed by atoms with Crippen LogP contribution in [-0.2, 0) is 20.6 Å². The molecule has 1 atom stereocenters. The van der Waals surface area contributed by atoms with Crippen molar-refractivity contribution in [2.24, 2.45) is 0 Å². The van der Waals surface area contributed by atoms with Crippen LogP contribution in [0.5, 0.6) is 5.88 Å². The van der Waals surface area contributed by atoms with E-state index in [2.05, 4.69) is 20.0 Å². The van der Waals surface area contributed by atoms with Gasteiger partial charge in [-0.2, -0.15) is 13.4 Å². The highest BCUT2D eigenvalue weighted by atomic mass is 32.2. The predicted octanol–water partition coefficient (Wildman–Crippen LogP) is 4.60. The molecule has 0 radical (unpaired) electrons. The zero-order valence-corrected chi connectivity index (χ0v) is 23.7. The molecule has 0 saturated carbocycles. The van der Waals surface area contributed by atoms with Crippen LogP contribution in [0.1, 0.15) is 56.7 Å². The van der Waals surface area contributed by atoms with Gasteiger partial charge in [0.2, 0.25) is 11.0 Å². The predicted molar refractivity (Wildman–Crippen MR) is 142 cm³/mol. The highest BCUT2D eigenvalue weighted by Crippen LogP contribution is 2.28. The first kappa shape index (κ1) is 30.8. The van der Waals surface area contributed by atoms with Crippen molar-refractivity contribution in [1.82, 2.24) is 15.3 Å². The molecule has 0 aliphatic rings. The molecule has 2 aromatic heterocycles. The molecule has 0 saturated heterocycles. The van der Waals surface area contributed by atoms with Crippen molar-refractivity contribution >= 4 is 39.5 Å². The van der Waals surface area contributed by atoms with Crippen LogP contribution in [-0.4, -0.2) is 47.0 Å². The third-order valence-corrected chi connectivity index (χ3v) is 7.08. The SMILES string of the molecule is CCC[C@@H](Oc1cc(NS(=O)(=O)c2ccc(C(=O)NC(C)(C)C)o2)nc(SCc2cccc(F)c2F)n1)C(=O)O. The van der Waals surface area contributed by atoms with E-state index >= 15 is 0 Å². The highest BCUT2D eigenvalue weighted by Gasteiger charge is 2.25. The van der Waals surface area contributed by atoms with Crippen LogP contribution in [0.15, 0.2) is 51.1 Å². The number of amides is 1. The van der Waals surface area contributed by atoms with Crippen LogP contribution in [0.3, 0.4) is 0 Å². The molecule has 11 nitrogen and oxygen atoms in total. The summed E-state index contributed by atoms with van der Waals surface area (Å²) >= 11 is 0.841. The number of furan rings is 1. The average Bonchev–Trinajstić information content (AvgIpc) is 3.35. The van der Waals surface area contributed by atoms with Crippen LogP contribution < -0.4 is 14.8 Å². The fraction of sp³-hybridized carbons (Fsp3) is 0.360. The monoisotopic (exact) mass is 598 g/mol. The molecule has 2 heterocycles. The van der Waals surface area contributed by atoms with Crippen LogP contribution in [0.25, 0.3) is 0 Å². The van der Waals surface area contributed by atoms with E-state index in [0.717, 1.165) is 30.0 Å². The van der Waals surface area contributed by atoms with Crippen molar-refractivity contribution in [3.63, 3.8) is 0 Å². The Balaban J connectivity index is 1.90. The average molecular weight is 599 g/mol. The normalized spacial score (nSPS) is 12.6. The minimum atomic E-state index is -4.42. The van der Waals surface area contributed by atoms with Crippen molar-refractivity contribution in [3.8, 4) is 5.88 Å². The number of anilines is 1. The maximum absolute atomic E-state index is 14.1. The Morgan fingerprint density at radius 1 is 1.18 bits per heavy atom. The van der Waals surface area contributed by atoms with Crippen molar-refractivity contribution in [3.05, 3.63) is 59.4 Å². The topological polar surface area (TPSA) is 161 Å². The lowest BCUT2D eigenvalue weighted by atomic mass is 10.1.